The Bertz CT molecular complexity index is 422. The van der Waals surface area contributed by atoms with Gasteiger partial charge in [-0.25, -0.2) is 9.97 Å². The molecule has 1 aromatic rings. The fourth-order valence-electron chi connectivity index (χ4n) is 1.41. The lowest BCUT2D eigenvalue weighted by Crippen LogP contribution is -2.36. The molecule has 2 unspecified atom stereocenters. The third kappa shape index (κ3) is 4.79. The van der Waals surface area contributed by atoms with Crippen molar-refractivity contribution in [2.45, 2.75) is 19.9 Å². The van der Waals surface area contributed by atoms with Crippen LogP contribution in [0.3, 0.4) is 0 Å². The molecule has 7 heteroatoms. The van der Waals surface area contributed by atoms with Crippen molar-refractivity contribution in [3.8, 4) is 0 Å². The molecule has 0 aliphatic rings. The highest BCUT2D eigenvalue weighted by Crippen LogP contribution is 2.01. The van der Waals surface area contributed by atoms with E-state index in [1.54, 1.807) is 13.2 Å². The summed E-state index contributed by atoms with van der Waals surface area (Å²) in [5.41, 5.74) is 0.255. The minimum atomic E-state index is -0.936. The van der Waals surface area contributed by atoms with Crippen molar-refractivity contribution in [1.82, 2.24) is 15.3 Å². The van der Waals surface area contributed by atoms with E-state index in [1.807, 2.05) is 6.92 Å². The van der Waals surface area contributed by atoms with Gasteiger partial charge >= 0.3 is 0 Å². The normalized spacial score (nSPS) is 13.7. The van der Waals surface area contributed by atoms with Gasteiger partial charge in [0.15, 0.2) is 0 Å². The standard InChI is InChI=1S/C11H18N4O2S/c1-4-12-10-6-13-9(5-14-10)11(16)15-8(2)7-18(3)17/h5-6,8H,4,7H2,1-3H3,(H,12,14)(H,15,16). The number of hydrogen-bond acceptors (Lipinski definition) is 5. The first-order valence-electron chi connectivity index (χ1n) is 5.69. The van der Waals surface area contributed by atoms with Gasteiger partial charge < -0.3 is 10.6 Å². The minimum absolute atomic E-state index is 0.154. The second-order valence-corrected chi connectivity index (χ2v) is 5.41. The van der Waals surface area contributed by atoms with Gasteiger partial charge in [-0.15, -0.1) is 0 Å². The molecule has 0 bridgehead atoms. The number of amides is 1. The molecule has 18 heavy (non-hydrogen) atoms. The van der Waals surface area contributed by atoms with Crippen LogP contribution < -0.4 is 10.6 Å². The zero-order chi connectivity index (χ0) is 13.5. The highest BCUT2D eigenvalue weighted by atomic mass is 32.2. The molecule has 1 aromatic heterocycles. The number of aromatic nitrogens is 2. The number of nitrogens with zero attached hydrogens (tertiary/aromatic N) is 2. The van der Waals surface area contributed by atoms with Crippen LogP contribution in [-0.2, 0) is 10.8 Å². The Kier molecular flexibility index (Phi) is 5.70. The van der Waals surface area contributed by atoms with E-state index in [-0.39, 0.29) is 17.6 Å². The van der Waals surface area contributed by atoms with Crippen molar-refractivity contribution >= 4 is 22.5 Å². The third-order valence-electron chi connectivity index (χ3n) is 2.10. The molecule has 0 saturated heterocycles. The predicted molar refractivity (Wildman–Crippen MR) is 72.1 cm³/mol. The van der Waals surface area contributed by atoms with Crippen LogP contribution in [0.4, 0.5) is 5.82 Å². The Hall–Kier alpha value is -1.50. The van der Waals surface area contributed by atoms with Crippen LogP contribution in [0, 0.1) is 0 Å². The van der Waals surface area contributed by atoms with E-state index >= 15 is 0 Å². The van der Waals surface area contributed by atoms with Crippen molar-refractivity contribution in [2.75, 3.05) is 23.9 Å². The first-order chi connectivity index (χ1) is 8.52. The van der Waals surface area contributed by atoms with Crippen molar-refractivity contribution in [1.29, 1.82) is 0 Å². The van der Waals surface area contributed by atoms with Gasteiger partial charge in [0.25, 0.3) is 5.91 Å². The number of carbonyl (C=O) groups is 1. The maximum atomic E-state index is 11.8. The van der Waals surface area contributed by atoms with Crippen molar-refractivity contribution < 1.29 is 9.00 Å². The van der Waals surface area contributed by atoms with E-state index in [4.69, 9.17) is 0 Å². The highest BCUT2D eigenvalue weighted by molar-refractivity contribution is 7.84. The summed E-state index contributed by atoms with van der Waals surface area (Å²) in [6.45, 7) is 4.51. The Labute approximate surface area is 109 Å². The molecular formula is C11H18N4O2S. The molecule has 0 fully saturated rings. The number of anilines is 1. The second-order valence-electron chi connectivity index (χ2n) is 3.93. The summed E-state index contributed by atoms with van der Waals surface area (Å²) in [7, 11) is -0.936. The lowest BCUT2D eigenvalue weighted by Gasteiger charge is -2.11. The van der Waals surface area contributed by atoms with Crippen molar-refractivity contribution in [3.63, 3.8) is 0 Å². The molecular weight excluding hydrogens is 252 g/mol. The predicted octanol–water partition coefficient (Wildman–Crippen LogP) is 0.405. The van der Waals surface area contributed by atoms with Gasteiger partial charge in [0, 0.05) is 35.4 Å². The summed E-state index contributed by atoms with van der Waals surface area (Å²) in [6.07, 6.45) is 4.54. The topological polar surface area (TPSA) is 84.0 Å². The fraction of sp³-hybridized carbons (Fsp3) is 0.545. The van der Waals surface area contributed by atoms with Crippen LogP contribution >= 0.6 is 0 Å². The van der Waals surface area contributed by atoms with Crippen LogP contribution in [0.25, 0.3) is 0 Å². The van der Waals surface area contributed by atoms with Gasteiger partial charge in [0.1, 0.15) is 11.5 Å². The smallest absolute Gasteiger partial charge is 0.271 e. The molecule has 100 valence electrons. The summed E-state index contributed by atoms with van der Waals surface area (Å²) in [6, 6.07) is -0.154. The van der Waals surface area contributed by atoms with E-state index in [0.29, 0.717) is 11.6 Å². The minimum Gasteiger partial charge on any atom is -0.369 e. The molecule has 0 aromatic carbocycles. The number of carbonyl (C=O) groups excluding carboxylic acids is 1. The maximum absolute atomic E-state index is 11.8. The molecule has 1 heterocycles. The summed E-state index contributed by atoms with van der Waals surface area (Å²) in [5, 5.41) is 5.72. The zero-order valence-electron chi connectivity index (χ0n) is 10.8. The molecule has 1 rings (SSSR count). The summed E-state index contributed by atoms with van der Waals surface area (Å²) in [5.74, 6) is 0.759. The van der Waals surface area contributed by atoms with E-state index in [1.165, 1.54) is 12.4 Å². The number of hydrogen-bond donors (Lipinski definition) is 2. The van der Waals surface area contributed by atoms with Crippen molar-refractivity contribution in [2.24, 2.45) is 0 Å². The average Bonchev–Trinajstić information content (AvgIpc) is 2.29. The Morgan fingerprint density at radius 1 is 1.44 bits per heavy atom. The molecule has 0 aliphatic carbocycles. The van der Waals surface area contributed by atoms with Gasteiger partial charge in [-0.3, -0.25) is 9.00 Å². The van der Waals surface area contributed by atoms with E-state index < -0.39 is 10.8 Å². The monoisotopic (exact) mass is 270 g/mol. The van der Waals surface area contributed by atoms with E-state index in [0.717, 1.165) is 6.54 Å². The van der Waals surface area contributed by atoms with E-state index in [9.17, 15) is 9.00 Å². The average molecular weight is 270 g/mol. The summed E-state index contributed by atoms with van der Waals surface area (Å²) in [4.78, 5) is 19.9. The number of rotatable bonds is 6. The largest absolute Gasteiger partial charge is 0.369 e. The Morgan fingerprint density at radius 3 is 2.67 bits per heavy atom. The maximum Gasteiger partial charge on any atom is 0.271 e. The Morgan fingerprint density at radius 2 is 2.17 bits per heavy atom. The SMILES string of the molecule is CCNc1cnc(C(=O)NC(C)CS(C)=O)cn1. The second kappa shape index (κ2) is 7.05. The molecule has 6 nitrogen and oxygen atoms in total. The molecule has 0 spiro atoms. The van der Waals surface area contributed by atoms with Gasteiger partial charge in [-0.05, 0) is 13.8 Å². The first kappa shape index (κ1) is 14.6. The lowest BCUT2D eigenvalue weighted by molar-refractivity contribution is 0.0938. The van der Waals surface area contributed by atoms with Gasteiger partial charge in [-0.2, -0.15) is 0 Å². The quantitative estimate of drug-likeness (QED) is 0.782. The van der Waals surface area contributed by atoms with Crippen LogP contribution in [-0.4, -0.2) is 44.7 Å². The summed E-state index contributed by atoms with van der Waals surface area (Å²) >= 11 is 0. The molecule has 0 saturated carbocycles. The highest BCUT2D eigenvalue weighted by Gasteiger charge is 2.12. The van der Waals surface area contributed by atoms with Gasteiger partial charge in [-0.1, -0.05) is 0 Å². The molecule has 2 atom stereocenters. The molecule has 0 radical (unpaired) electrons. The van der Waals surface area contributed by atoms with Crippen molar-refractivity contribution in [3.05, 3.63) is 18.1 Å². The first-order valence-corrected chi connectivity index (χ1v) is 7.42. The molecule has 1 amide bonds. The Balaban J connectivity index is 2.58. The molecule has 0 aliphatic heterocycles. The van der Waals surface area contributed by atoms with Crippen LogP contribution in [0.2, 0.25) is 0 Å². The lowest BCUT2D eigenvalue weighted by atomic mass is 10.3. The van der Waals surface area contributed by atoms with Gasteiger partial charge in [0.05, 0.1) is 12.4 Å². The van der Waals surface area contributed by atoms with Crippen LogP contribution in [0.5, 0.6) is 0 Å². The van der Waals surface area contributed by atoms with Crippen LogP contribution in [0.15, 0.2) is 12.4 Å². The zero-order valence-corrected chi connectivity index (χ0v) is 11.6. The summed E-state index contributed by atoms with van der Waals surface area (Å²) < 4.78 is 11.0. The van der Waals surface area contributed by atoms with Gasteiger partial charge in [0.2, 0.25) is 0 Å². The van der Waals surface area contributed by atoms with Crippen LogP contribution in [0.1, 0.15) is 24.3 Å². The third-order valence-corrected chi connectivity index (χ3v) is 3.07. The number of nitrogens with one attached hydrogen (secondary N) is 2. The fourth-order valence-corrected chi connectivity index (χ4v) is 2.20. The molecule has 2 N–H and O–H groups in total. The van der Waals surface area contributed by atoms with E-state index in [2.05, 4.69) is 20.6 Å².